The molecule has 0 unspecified atom stereocenters. The second-order valence-electron chi connectivity index (χ2n) is 3.54. The van der Waals surface area contributed by atoms with E-state index in [4.69, 9.17) is 11.0 Å². The van der Waals surface area contributed by atoms with Gasteiger partial charge in [0.25, 0.3) is 0 Å². The molecule has 0 aromatic carbocycles. The van der Waals surface area contributed by atoms with E-state index in [0.717, 1.165) is 11.3 Å². The zero-order valence-electron chi connectivity index (χ0n) is 9.10. The lowest BCUT2D eigenvalue weighted by molar-refractivity contribution is 0.923. The van der Waals surface area contributed by atoms with Gasteiger partial charge < -0.3 is 10.3 Å². The molecule has 2 rings (SSSR count). The Labute approximate surface area is 93.2 Å². The van der Waals surface area contributed by atoms with Gasteiger partial charge in [-0.2, -0.15) is 5.26 Å². The van der Waals surface area contributed by atoms with E-state index < -0.39 is 0 Å². The summed E-state index contributed by atoms with van der Waals surface area (Å²) in [6.45, 7) is 1.84. The summed E-state index contributed by atoms with van der Waals surface area (Å²) in [6, 6.07) is 3.88. The summed E-state index contributed by atoms with van der Waals surface area (Å²) in [6.07, 6.45) is 3.50. The molecule has 0 aliphatic heterocycles. The topological polar surface area (TPSA) is 80.5 Å². The lowest BCUT2D eigenvalue weighted by atomic mass is 10.1. The number of nitrogen functional groups attached to an aromatic ring is 1. The number of hydrogen-bond donors (Lipinski definition) is 1. The van der Waals surface area contributed by atoms with E-state index in [0.29, 0.717) is 11.4 Å². The van der Waals surface area contributed by atoms with E-state index in [2.05, 4.69) is 16.0 Å². The minimum atomic E-state index is 0.250. The van der Waals surface area contributed by atoms with Gasteiger partial charge in [-0.15, -0.1) is 0 Å². The van der Waals surface area contributed by atoms with Crippen molar-refractivity contribution in [3.63, 3.8) is 0 Å². The molecule has 0 saturated carbocycles. The zero-order chi connectivity index (χ0) is 11.7. The van der Waals surface area contributed by atoms with Gasteiger partial charge in [0.05, 0.1) is 0 Å². The van der Waals surface area contributed by atoms with E-state index in [1.54, 1.807) is 6.20 Å². The summed E-state index contributed by atoms with van der Waals surface area (Å²) < 4.78 is 1.84. The van der Waals surface area contributed by atoms with Gasteiger partial charge >= 0.3 is 0 Å². The Morgan fingerprint density at radius 2 is 2.25 bits per heavy atom. The Bertz CT molecular complexity index is 577. The van der Waals surface area contributed by atoms with Gasteiger partial charge in [0, 0.05) is 30.7 Å². The highest BCUT2D eigenvalue weighted by Crippen LogP contribution is 2.25. The maximum Gasteiger partial charge on any atom is 0.142 e. The number of pyridine rings is 1. The summed E-state index contributed by atoms with van der Waals surface area (Å²) in [7, 11) is 1.87. The molecule has 0 fully saturated rings. The largest absolute Gasteiger partial charge is 0.383 e. The zero-order valence-corrected chi connectivity index (χ0v) is 9.10. The lowest BCUT2D eigenvalue weighted by Gasteiger charge is -2.07. The summed E-state index contributed by atoms with van der Waals surface area (Å²) >= 11 is 0. The predicted octanol–water partition coefficient (Wildman–Crippen LogP) is 1.24. The highest BCUT2D eigenvalue weighted by Gasteiger charge is 2.13. The fraction of sp³-hybridized carbons (Fsp3) is 0.182. The molecule has 0 spiro atoms. The van der Waals surface area contributed by atoms with Crippen LogP contribution in [0.4, 0.5) is 5.82 Å². The Hall–Kier alpha value is -2.35. The number of nitriles is 1. The van der Waals surface area contributed by atoms with Crippen LogP contribution in [0.2, 0.25) is 0 Å². The molecule has 0 saturated heterocycles. The summed E-state index contributed by atoms with van der Waals surface area (Å²) in [4.78, 5) is 8.27. The molecule has 0 amide bonds. The number of imidazole rings is 1. The molecule has 2 N–H and O–H groups in total. The van der Waals surface area contributed by atoms with E-state index in [9.17, 15) is 0 Å². The molecule has 0 bridgehead atoms. The smallest absolute Gasteiger partial charge is 0.142 e. The Morgan fingerprint density at radius 3 is 2.81 bits per heavy atom. The normalized spacial score (nSPS) is 10.1. The first-order valence-electron chi connectivity index (χ1n) is 4.78. The van der Waals surface area contributed by atoms with Crippen LogP contribution in [0, 0.1) is 18.3 Å². The molecule has 0 aliphatic carbocycles. The van der Waals surface area contributed by atoms with Crippen molar-refractivity contribution in [3.8, 4) is 17.5 Å². The third kappa shape index (κ3) is 1.50. The SMILES string of the molecule is Cc1cc(-c2nccn2C)c(C#N)c(N)n1. The quantitative estimate of drug-likeness (QED) is 0.772. The van der Waals surface area contributed by atoms with Crippen LogP contribution in [-0.4, -0.2) is 14.5 Å². The second kappa shape index (κ2) is 3.66. The molecule has 0 atom stereocenters. The molecule has 0 radical (unpaired) electrons. The van der Waals surface area contributed by atoms with E-state index in [1.807, 2.05) is 30.8 Å². The van der Waals surface area contributed by atoms with Gasteiger partial charge in [0.2, 0.25) is 0 Å². The third-order valence-electron chi connectivity index (χ3n) is 2.35. The number of anilines is 1. The fourth-order valence-electron chi connectivity index (χ4n) is 1.62. The lowest BCUT2D eigenvalue weighted by Crippen LogP contribution is -2.02. The molecule has 5 heteroatoms. The number of nitrogens with zero attached hydrogens (tertiary/aromatic N) is 4. The highest BCUT2D eigenvalue weighted by atomic mass is 15.0. The van der Waals surface area contributed by atoms with Crippen molar-refractivity contribution in [1.29, 1.82) is 5.26 Å². The van der Waals surface area contributed by atoms with Gasteiger partial charge in [-0.05, 0) is 13.0 Å². The highest BCUT2D eigenvalue weighted by molar-refractivity contribution is 5.71. The van der Waals surface area contributed by atoms with E-state index in [1.165, 1.54) is 0 Å². The maximum atomic E-state index is 9.07. The van der Waals surface area contributed by atoms with Crippen molar-refractivity contribution in [1.82, 2.24) is 14.5 Å². The van der Waals surface area contributed by atoms with Crippen LogP contribution in [0.3, 0.4) is 0 Å². The summed E-state index contributed by atoms with van der Waals surface area (Å²) in [5, 5.41) is 9.07. The Balaban J connectivity index is 2.75. The fourth-order valence-corrected chi connectivity index (χ4v) is 1.62. The molecule has 0 aliphatic rings. The monoisotopic (exact) mass is 213 g/mol. The van der Waals surface area contributed by atoms with Gasteiger partial charge in [-0.1, -0.05) is 0 Å². The van der Waals surface area contributed by atoms with Crippen LogP contribution in [-0.2, 0) is 7.05 Å². The molecule has 2 heterocycles. The van der Waals surface area contributed by atoms with Crippen LogP contribution < -0.4 is 5.73 Å². The van der Waals surface area contributed by atoms with Crippen molar-refractivity contribution in [2.45, 2.75) is 6.92 Å². The van der Waals surface area contributed by atoms with Crippen LogP contribution in [0.1, 0.15) is 11.3 Å². The van der Waals surface area contributed by atoms with Crippen molar-refractivity contribution in [2.75, 3.05) is 5.73 Å². The van der Waals surface area contributed by atoms with Gasteiger partial charge in [0.15, 0.2) is 0 Å². The molecule has 80 valence electrons. The molecule has 16 heavy (non-hydrogen) atoms. The Morgan fingerprint density at radius 1 is 1.50 bits per heavy atom. The molecule has 2 aromatic rings. The summed E-state index contributed by atoms with van der Waals surface area (Å²) in [5.74, 6) is 0.967. The van der Waals surface area contributed by atoms with Crippen molar-refractivity contribution in [3.05, 3.63) is 29.7 Å². The first kappa shape index (κ1) is 10.2. The summed E-state index contributed by atoms with van der Waals surface area (Å²) in [5.41, 5.74) is 7.59. The average molecular weight is 213 g/mol. The maximum absolute atomic E-state index is 9.07. The number of rotatable bonds is 1. The van der Waals surface area contributed by atoms with Gasteiger partial charge in [0.1, 0.15) is 23.3 Å². The molecular formula is C11H11N5. The average Bonchev–Trinajstić information content (AvgIpc) is 2.63. The number of aryl methyl sites for hydroxylation is 2. The first-order valence-corrected chi connectivity index (χ1v) is 4.78. The Kier molecular flexibility index (Phi) is 2.33. The van der Waals surface area contributed by atoms with Crippen LogP contribution in [0.25, 0.3) is 11.4 Å². The van der Waals surface area contributed by atoms with Crippen LogP contribution in [0.15, 0.2) is 18.5 Å². The second-order valence-corrected chi connectivity index (χ2v) is 3.54. The van der Waals surface area contributed by atoms with E-state index >= 15 is 0 Å². The number of nitrogens with two attached hydrogens (primary N) is 1. The minimum absolute atomic E-state index is 0.250. The van der Waals surface area contributed by atoms with E-state index in [-0.39, 0.29) is 5.82 Å². The van der Waals surface area contributed by atoms with Crippen LogP contribution in [0.5, 0.6) is 0 Å². The molecule has 5 nitrogen and oxygen atoms in total. The number of aromatic nitrogens is 3. The molecular weight excluding hydrogens is 202 g/mol. The number of hydrogen-bond acceptors (Lipinski definition) is 4. The predicted molar refractivity (Wildman–Crippen MR) is 60.3 cm³/mol. The van der Waals surface area contributed by atoms with Crippen molar-refractivity contribution in [2.24, 2.45) is 7.05 Å². The van der Waals surface area contributed by atoms with Crippen LogP contribution >= 0.6 is 0 Å². The van der Waals surface area contributed by atoms with Gasteiger partial charge in [-0.3, -0.25) is 0 Å². The third-order valence-corrected chi connectivity index (χ3v) is 2.35. The standard InChI is InChI=1S/C11H11N5/c1-7-5-8(9(6-12)10(13)15-7)11-14-3-4-16(11)2/h3-5H,1-2H3,(H2,13,15). The molecule has 2 aromatic heterocycles. The van der Waals surface area contributed by atoms with Crippen molar-refractivity contribution >= 4 is 5.82 Å². The first-order chi connectivity index (χ1) is 7.63. The minimum Gasteiger partial charge on any atom is -0.383 e. The van der Waals surface area contributed by atoms with Gasteiger partial charge in [-0.25, -0.2) is 9.97 Å². The van der Waals surface area contributed by atoms with Crippen molar-refractivity contribution < 1.29 is 0 Å².